The van der Waals surface area contributed by atoms with E-state index in [4.69, 9.17) is 22.7 Å². The summed E-state index contributed by atoms with van der Waals surface area (Å²) in [4.78, 5) is 20.3. The molecule has 0 aliphatic heterocycles. The summed E-state index contributed by atoms with van der Waals surface area (Å²) < 4.78 is 18.5. The Balaban J connectivity index is 1.33. The molecule has 0 bridgehead atoms. The molecule has 9 rings (SSSR count). The van der Waals surface area contributed by atoms with Gasteiger partial charge in [0, 0.05) is 38.9 Å². The predicted molar refractivity (Wildman–Crippen MR) is 188 cm³/mol. The second kappa shape index (κ2) is 10.7. The molecule has 47 heavy (non-hydrogen) atoms. The lowest BCUT2D eigenvalue weighted by Crippen LogP contribution is -2.04. The lowest BCUT2D eigenvalue weighted by Gasteiger charge is -2.14. The average molecular weight is 603 g/mol. The van der Waals surface area contributed by atoms with Crippen molar-refractivity contribution >= 4 is 43.7 Å². The second-order valence-electron chi connectivity index (χ2n) is 11.3. The summed E-state index contributed by atoms with van der Waals surface area (Å²) in [6.45, 7) is 0. The summed E-state index contributed by atoms with van der Waals surface area (Å²) in [7, 11) is 0. The Morgan fingerprint density at radius 1 is 0.596 bits per heavy atom. The molecular formula is C41H24N6. The molecule has 218 valence electrons. The van der Waals surface area contributed by atoms with E-state index in [9.17, 15) is 5.26 Å². The van der Waals surface area contributed by atoms with Gasteiger partial charge >= 0.3 is 0 Å². The molecule has 5 aromatic carbocycles. The Bertz CT molecular complexity index is 2740. The molecule has 4 aromatic heterocycles. The van der Waals surface area contributed by atoms with Gasteiger partial charge in [-0.05, 0) is 53.6 Å². The lowest BCUT2D eigenvalue weighted by atomic mass is 10.0. The summed E-state index contributed by atoms with van der Waals surface area (Å²) >= 11 is 0. The van der Waals surface area contributed by atoms with Crippen LogP contribution < -0.4 is 0 Å². The molecule has 0 saturated carbocycles. The van der Waals surface area contributed by atoms with Crippen LogP contribution in [0.1, 0.15) is 8.30 Å². The highest BCUT2D eigenvalue weighted by Gasteiger charge is 2.20. The third kappa shape index (κ3) is 4.41. The van der Waals surface area contributed by atoms with Gasteiger partial charge in [0.15, 0.2) is 11.6 Å². The number of hydrogen-bond donors (Lipinski definition) is 0. The summed E-state index contributed by atoms with van der Waals surface area (Å²) in [5.41, 5.74) is 7.88. The molecule has 0 radical (unpaired) electrons. The molecule has 6 nitrogen and oxygen atoms in total. The number of para-hydroxylation sites is 1. The van der Waals surface area contributed by atoms with E-state index in [1.807, 2.05) is 84.9 Å². The standard InChI is InChI=1S/C41H24N6/c42-25-26-8-6-11-31(24-26)27-15-17-30(18-16-27)39-45-38-34(21-19-29-20-22-35(44-37(29)38)28-9-2-1-3-10-28)41(46-39)47-36-14-5-4-12-32(36)33-13-7-23-43-40(33)47/h1-24H/i2D,3D. The fraction of sp³-hybridized carbons (Fsp3) is 0. The van der Waals surface area contributed by atoms with Gasteiger partial charge < -0.3 is 0 Å². The van der Waals surface area contributed by atoms with Gasteiger partial charge in [-0.25, -0.2) is 19.9 Å². The summed E-state index contributed by atoms with van der Waals surface area (Å²) in [5, 5.41) is 13.2. The number of nitrogens with zero attached hydrogens (tertiary/aromatic N) is 6. The zero-order valence-corrected chi connectivity index (χ0v) is 24.9. The van der Waals surface area contributed by atoms with E-state index < -0.39 is 0 Å². The van der Waals surface area contributed by atoms with E-state index in [2.05, 4.69) is 28.8 Å². The predicted octanol–water partition coefficient (Wildman–Crippen LogP) is 9.54. The Morgan fingerprint density at radius 2 is 1.40 bits per heavy atom. The first-order valence-corrected chi connectivity index (χ1v) is 15.2. The van der Waals surface area contributed by atoms with Crippen LogP contribution >= 0.6 is 0 Å². The molecule has 0 N–H and O–H groups in total. The van der Waals surface area contributed by atoms with Gasteiger partial charge in [0.1, 0.15) is 11.2 Å². The molecule has 0 atom stereocenters. The first-order valence-electron chi connectivity index (χ1n) is 16.2. The number of fused-ring (bicyclic) bond motifs is 6. The van der Waals surface area contributed by atoms with Crippen LogP contribution in [0.2, 0.25) is 0 Å². The van der Waals surface area contributed by atoms with Crippen molar-refractivity contribution in [3.05, 3.63) is 151 Å². The van der Waals surface area contributed by atoms with Crippen molar-refractivity contribution in [1.82, 2.24) is 24.5 Å². The van der Waals surface area contributed by atoms with Gasteiger partial charge in [-0.2, -0.15) is 5.26 Å². The molecule has 0 fully saturated rings. The minimum absolute atomic E-state index is 0.260. The molecule has 6 heteroatoms. The van der Waals surface area contributed by atoms with E-state index in [1.165, 1.54) is 6.07 Å². The van der Waals surface area contributed by atoms with E-state index in [0.29, 0.717) is 39.5 Å². The largest absolute Gasteiger partial charge is 0.277 e. The molecule has 0 aliphatic carbocycles. The van der Waals surface area contributed by atoms with Crippen LogP contribution in [-0.4, -0.2) is 24.5 Å². The Morgan fingerprint density at radius 3 is 2.28 bits per heavy atom. The van der Waals surface area contributed by atoms with Crippen LogP contribution in [0.15, 0.2) is 146 Å². The number of benzene rings is 5. The molecule has 0 amide bonds. The van der Waals surface area contributed by atoms with Gasteiger partial charge in [-0.15, -0.1) is 0 Å². The zero-order valence-electron chi connectivity index (χ0n) is 26.9. The SMILES string of the molecule is [2H]c1cc([2H])cc(-c2ccc3ccc4c(-n5c6ccccc6c6cccnc65)nc(-c5ccc(-c6cccc(C#N)c6)cc5)nc4c3n2)c1. The normalized spacial score (nSPS) is 12.0. The number of nitriles is 1. The minimum atomic E-state index is 0.260. The fourth-order valence-electron chi connectivity index (χ4n) is 6.31. The summed E-state index contributed by atoms with van der Waals surface area (Å²) in [6.07, 6.45) is 1.80. The molecule has 9 aromatic rings. The zero-order chi connectivity index (χ0) is 33.1. The summed E-state index contributed by atoms with van der Waals surface area (Å²) in [5.74, 6) is 1.22. The minimum Gasteiger partial charge on any atom is -0.277 e. The summed E-state index contributed by atoms with van der Waals surface area (Å²) in [6, 6.07) is 43.6. The number of hydrogen-bond acceptors (Lipinski definition) is 5. The van der Waals surface area contributed by atoms with Crippen molar-refractivity contribution in [2.45, 2.75) is 0 Å². The van der Waals surface area contributed by atoms with Crippen molar-refractivity contribution in [2.24, 2.45) is 0 Å². The van der Waals surface area contributed by atoms with E-state index >= 15 is 0 Å². The molecule has 4 heterocycles. The lowest BCUT2D eigenvalue weighted by molar-refractivity contribution is 1.06. The number of rotatable bonds is 4. The van der Waals surface area contributed by atoms with Crippen molar-refractivity contribution in [3.8, 4) is 45.7 Å². The van der Waals surface area contributed by atoms with Gasteiger partial charge in [-0.3, -0.25) is 4.57 Å². The van der Waals surface area contributed by atoms with E-state index in [1.54, 1.807) is 24.4 Å². The van der Waals surface area contributed by atoms with Crippen LogP contribution in [0.25, 0.3) is 83.3 Å². The van der Waals surface area contributed by atoms with Gasteiger partial charge in [0.05, 0.1) is 31.1 Å². The van der Waals surface area contributed by atoms with Crippen LogP contribution in [0.3, 0.4) is 0 Å². The molecule has 0 unspecified atom stereocenters. The van der Waals surface area contributed by atoms with Crippen molar-refractivity contribution in [2.75, 3.05) is 0 Å². The fourth-order valence-corrected chi connectivity index (χ4v) is 6.31. The maximum absolute atomic E-state index is 9.41. The highest BCUT2D eigenvalue weighted by Crippen LogP contribution is 2.36. The quantitative estimate of drug-likeness (QED) is 0.187. The third-order valence-electron chi connectivity index (χ3n) is 8.56. The number of aromatic nitrogens is 5. The third-order valence-corrected chi connectivity index (χ3v) is 8.56. The highest BCUT2D eigenvalue weighted by atomic mass is 15.1. The number of pyridine rings is 2. The Kier molecular flexibility index (Phi) is 5.61. The van der Waals surface area contributed by atoms with Gasteiger partial charge in [0.25, 0.3) is 0 Å². The average Bonchev–Trinajstić information content (AvgIpc) is 3.48. The molecule has 0 saturated heterocycles. The van der Waals surface area contributed by atoms with Crippen molar-refractivity contribution in [1.29, 1.82) is 5.26 Å². The second-order valence-corrected chi connectivity index (χ2v) is 11.3. The maximum atomic E-state index is 9.41. The van der Waals surface area contributed by atoms with Crippen LogP contribution in [0, 0.1) is 11.3 Å². The molecular weight excluding hydrogens is 576 g/mol. The first-order chi connectivity index (χ1) is 24.0. The Hall–Kier alpha value is -6.71. The topological polar surface area (TPSA) is 80.3 Å². The maximum Gasteiger partial charge on any atom is 0.162 e. The Labute approximate surface area is 272 Å². The van der Waals surface area contributed by atoms with Crippen LogP contribution in [-0.2, 0) is 0 Å². The first kappa shape index (κ1) is 24.6. The van der Waals surface area contributed by atoms with E-state index in [-0.39, 0.29) is 12.1 Å². The van der Waals surface area contributed by atoms with Gasteiger partial charge in [0.2, 0.25) is 0 Å². The van der Waals surface area contributed by atoms with E-state index in [0.717, 1.165) is 49.4 Å². The molecule has 0 spiro atoms. The molecule has 0 aliphatic rings. The van der Waals surface area contributed by atoms with Crippen LogP contribution in [0.4, 0.5) is 0 Å². The van der Waals surface area contributed by atoms with Crippen molar-refractivity contribution < 1.29 is 2.74 Å². The highest BCUT2D eigenvalue weighted by molar-refractivity contribution is 6.11. The monoisotopic (exact) mass is 602 g/mol. The van der Waals surface area contributed by atoms with Gasteiger partial charge in [-0.1, -0.05) is 97.0 Å². The van der Waals surface area contributed by atoms with Crippen molar-refractivity contribution in [3.63, 3.8) is 0 Å². The smallest absolute Gasteiger partial charge is 0.162 e. The van der Waals surface area contributed by atoms with Crippen LogP contribution in [0.5, 0.6) is 0 Å².